The molecule has 1 saturated heterocycles. The predicted molar refractivity (Wildman–Crippen MR) is 183 cm³/mol. The number of benzene rings is 3. The van der Waals surface area contributed by atoms with Crippen LogP contribution in [-0.2, 0) is 42.1 Å². The summed E-state index contributed by atoms with van der Waals surface area (Å²) < 4.78 is 79.1. The van der Waals surface area contributed by atoms with Gasteiger partial charge in [0, 0.05) is 22.4 Å². The molecule has 3 aromatic carbocycles. The molecule has 0 saturated carbocycles. The van der Waals surface area contributed by atoms with E-state index in [1.165, 1.54) is 59.4 Å². The Kier molecular flexibility index (Phi) is 18.2. The Morgan fingerprint density at radius 3 is 2.38 bits per heavy atom. The van der Waals surface area contributed by atoms with Crippen molar-refractivity contribution in [1.29, 1.82) is 10.5 Å². The molecule has 0 spiro atoms. The molecule has 1 fully saturated rings. The molecule has 0 aliphatic carbocycles. The van der Waals surface area contributed by atoms with Crippen molar-refractivity contribution in [1.82, 2.24) is 14.8 Å². The number of thioether (sulfide) groups is 1. The van der Waals surface area contributed by atoms with Crippen molar-refractivity contribution in [3.05, 3.63) is 136 Å². The van der Waals surface area contributed by atoms with Gasteiger partial charge in [0.05, 0.1) is 68.3 Å². The Morgan fingerprint density at radius 1 is 1.05 bits per heavy atom. The molecule has 2 atom stereocenters. The SMILES string of the molecule is C[C@@H](S[C@H]1CO[C@H](C=CC=Cc2ccc(C#N)cc2F)OC1)[C@@](Cn1cncn1)(OC(=O)c1ccc(C#N)cc1COP(=O)([O-])[O-])c1ccc(F)cc1F.[Na+].[Na+]. The maximum absolute atomic E-state index is 15.8. The zero-order chi connectivity index (χ0) is 38.9. The molecular weight excluding hydrogens is 796 g/mol. The number of phosphoric acid groups is 1. The second-order valence-corrected chi connectivity index (χ2v) is 14.5. The first-order valence-electron chi connectivity index (χ1n) is 15.9. The summed E-state index contributed by atoms with van der Waals surface area (Å²) in [6, 6.07) is 14.2. The first-order valence-corrected chi connectivity index (χ1v) is 18.3. The first-order chi connectivity index (χ1) is 25.8. The summed E-state index contributed by atoms with van der Waals surface area (Å²) in [6.07, 6.45) is 8.04. The number of carbonyl (C=O) groups is 1. The summed E-state index contributed by atoms with van der Waals surface area (Å²) in [5, 5.41) is 21.2. The number of nitrogens with zero attached hydrogens (tertiary/aromatic N) is 5. The maximum Gasteiger partial charge on any atom is 1.00 e. The molecule has 1 aromatic heterocycles. The minimum absolute atomic E-state index is 0. The van der Waals surface area contributed by atoms with Gasteiger partial charge in [0.25, 0.3) is 0 Å². The van der Waals surface area contributed by atoms with E-state index in [2.05, 4.69) is 14.6 Å². The van der Waals surface area contributed by atoms with Gasteiger partial charge in [0.2, 0.25) is 0 Å². The van der Waals surface area contributed by atoms with E-state index >= 15 is 4.39 Å². The monoisotopic (exact) mass is 825 g/mol. The van der Waals surface area contributed by atoms with Crippen LogP contribution in [0.4, 0.5) is 13.2 Å². The molecular formula is C36H29F3N5Na2O8PS. The number of carbonyl (C=O) groups excluding carboxylic acids is 1. The van der Waals surface area contributed by atoms with Gasteiger partial charge in [-0.05, 0) is 61.0 Å². The molecule has 20 heteroatoms. The Morgan fingerprint density at radius 2 is 1.75 bits per heavy atom. The summed E-state index contributed by atoms with van der Waals surface area (Å²) in [7, 11) is -5.51. The van der Waals surface area contributed by atoms with E-state index in [9.17, 15) is 33.2 Å². The zero-order valence-electron chi connectivity index (χ0n) is 30.2. The fourth-order valence-electron chi connectivity index (χ4n) is 5.48. The van der Waals surface area contributed by atoms with E-state index in [0.717, 1.165) is 24.3 Å². The van der Waals surface area contributed by atoms with Crippen molar-refractivity contribution in [2.24, 2.45) is 0 Å². The van der Waals surface area contributed by atoms with Gasteiger partial charge in [-0.15, -0.1) is 11.8 Å². The molecule has 5 rings (SSSR count). The Hall–Kier alpha value is -3.10. The summed E-state index contributed by atoms with van der Waals surface area (Å²) >= 11 is 1.21. The summed E-state index contributed by atoms with van der Waals surface area (Å²) in [5.74, 6) is -3.61. The van der Waals surface area contributed by atoms with Crippen LogP contribution in [0.1, 0.15) is 45.1 Å². The minimum Gasteiger partial charge on any atom is -0.790 e. The number of esters is 1. The van der Waals surface area contributed by atoms with Gasteiger partial charge in [-0.2, -0.15) is 15.6 Å². The number of nitriles is 2. The van der Waals surface area contributed by atoms with Crippen molar-refractivity contribution in [3.8, 4) is 12.1 Å². The van der Waals surface area contributed by atoms with Crippen molar-refractivity contribution in [3.63, 3.8) is 0 Å². The van der Waals surface area contributed by atoms with Crippen LogP contribution in [0.3, 0.4) is 0 Å². The van der Waals surface area contributed by atoms with Gasteiger partial charge in [0.15, 0.2) is 11.9 Å². The normalized spacial score (nSPS) is 17.2. The first kappa shape index (κ1) is 47.3. The smallest absolute Gasteiger partial charge is 0.790 e. The van der Waals surface area contributed by atoms with Crippen molar-refractivity contribution >= 4 is 31.6 Å². The number of ether oxygens (including phenoxy) is 3. The third kappa shape index (κ3) is 12.7. The summed E-state index contributed by atoms with van der Waals surface area (Å²) in [4.78, 5) is 40.5. The standard InChI is InChI=1S/C36H31F3N5O8PS.2Na/c1-23(54-29-18-49-34(50-19-29)5-3-2-4-26-8-6-25(16-41)13-32(26)38)36(20-44-22-42-21-43-44,31-11-9-28(37)14-33(31)39)52-35(45)30-10-7-24(15-40)12-27(30)17-51-53(46,47)48;;/h2-14,21-23,29,34H,17-20H2,1H3,(H2,46,47,48);;/q;2*+1/p-2/t23-,29-,34-,36-;;/m1../s1. The number of hydrogen-bond acceptors (Lipinski definition) is 13. The molecule has 0 unspecified atom stereocenters. The van der Waals surface area contributed by atoms with Crippen LogP contribution < -0.4 is 68.9 Å². The fourth-order valence-corrected chi connectivity index (χ4v) is 7.13. The number of phosphoric ester groups is 1. The quantitative estimate of drug-likeness (QED) is 0.0630. The Balaban J connectivity index is 0.00000420. The van der Waals surface area contributed by atoms with E-state index in [4.69, 9.17) is 19.5 Å². The van der Waals surface area contributed by atoms with Crippen LogP contribution in [0.25, 0.3) is 6.08 Å². The number of aromatic nitrogens is 3. The zero-order valence-corrected chi connectivity index (χ0v) is 35.9. The van der Waals surface area contributed by atoms with Gasteiger partial charge < -0.3 is 33.1 Å². The molecule has 1 aliphatic rings. The Labute approximate surface area is 368 Å². The molecule has 280 valence electrons. The molecule has 1 aliphatic heterocycles. The van der Waals surface area contributed by atoms with Crippen LogP contribution in [0.2, 0.25) is 0 Å². The number of rotatable bonds is 14. The predicted octanol–water partition coefficient (Wildman–Crippen LogP) is -1.32. The van der Waals surface area contributed by atoms with E-state index in [0.29, 0.717) is 6.07 Å². The van der Waals surface area contributed by atoms with Gasteiger partial charge in [0.1, 0.15) is 30.1 Å². The largest absolute Gasteiger partial charge is 1.00 e. The molecule has 0 amide bonds. The average molecular weight is 826 g/mol. The van der Waals surface area contributed by atoms with E-state index in [-0.39, 0.29) is 112 Å². The average Bonchev–Trinajstić information content (AvgIpc) is 3.65. The topological polar surface area (TPSA) is 195 Å². The van der Waals surface area contributed by atoms with Crippen molar-refractivity contribution in [2.45, 2.75) is 42.5 Å². The molecule has 2 heterocycles. The Bertz CT molecular complexity index is 2180. The molecule has 0 bridgehead atoms. The van der Waals surface area contributed by atoms with Crippen LogP contribution in [0.15, 0.2) is 85.5 Å². The molecule has 0 N–H and O–H groups in total. The number of allylic oxidation sites excluding steroid dienone is 2. The molecule has 13 nitrogen and oxygen atoms in total. The molecule has 4 aromatic rings. The molecule has 0 radical (unpaired) electrons. The van der Waals surface area contributed by atoms with Crippen LogP contribution in [0, 0.1) is 40.1 Å². The van der Waals surface area contributed by atoms with Gasteiger partial charge in [-0.3, -0.25) is 0 Å². The van der Waals surface area contributed by atoms with E-state index in [1.807, 2.05) is 12.1 Å². The summed E-state index contributed by atoms with van der Waals surface area (Å²) in [5.41, 5.74) is -2.17. The summed E-state index contributed by atoms with van der Waals surface area (Å²) in [6.45, 7) is 0.659. The van der Waals surface area contributed by atoms with Crippen LogP contribution >= 0.6 is 19.6 Å². The number of halogens is 3. The second-order valence-electron chi connectivity index (χ2n) is 11.7. The number of hydrogen-bond donors (Lipinski definition) is 0. The van der Waals surface area contributed by atoms with Crippen LogP contribution in [-0.4, -0.2) is 50.7 Å². The van der Waals surface area contributed by atoms with Crippen molar-refractivity contribution < 1.29 is 110 Å². The maximum atomic E-state index is 15.8. The van der Waals surface area contributed by atoms with Gasteiger partial charge in [-0.1, -0.05) is 24.3 Å². The van der Waals surface area contributed by atoms with Crippen molar-refractivity contribution in [2.75, 3.05) is 13.2 Å². The van der Waals surface area contributed by atoms with Gasteiger partial charge in [-0.25, -0.2) is 27.6 Å². The third-order valence-electron chi connectivity index (χ3n) is 8.09. The minimum atomic E-state index is -5.51. The van der Waals surface area contributed by atoms with E-state index < -0.39 is 60.2 Å². The van der Waals surface area contributed by atoms with E-state index in [1.54, 1.807) is 25.2 Å². The molecule has 56 heavy (non-hydrogen) atoms. The van der Waals surface area contributed by atoms with Crippen LogP contribution in [0.5, 0.6) is 0 Å². The third-order valence-corrected chi connectivity index (χ3v) is 9.98. The fraction of sp³-hybridized carbons (Fsp3) is 0.250. The second kappa shape index (κ2) is 21.6. The van der Waals surface area contributed by atoms with Gasteiger partial charge >= 0.3 is 65.1 Å².